The van der Waals surface area contributed by atoms with Crippen LogP contribution in [0, 0.1) is 0 Å². The van der Waals surface area contributed by atoms with Gasteiger partial charge in [0.15, 0.2) is 12.6 Å². The van der Waals surface area contributed by atoms with Gasteiger partial charge in [0.25, 0.3) is 0 Å². The first-order valence-corrected chi connectivity index (χ1v) is 8.79. The van der Waals surface area contributed by atoms with E-state index < -0.39 is 0 Å². The van der Waals surface area contributed by atoms with Gasteiger partial charge in [0.2, 0.25) is 0 Å². The number of hydrogen-bond acceptors (Lipinski definition) is 4. The fourth-order valence-electron chi connectivity index (χ4n) is 2.56. The molecule has 1 heterocycles. The largest absolute Gasteiger partial charge is 0.488 e. The Balaban J connectivity index is 1.76. The molecule has 126 valence electrons. The minimum atomic E-state index is -0.241. The molecule has 1 atom stereocenters. The monoisotopic (exact) mass is 390 g/mol. The summed E-state index contributed by atoms with van der Waals surface area (Å²) in [4.78, 5) is 11.4. The highest BCUT2D eigenvalue weighted by Crippen LogP contribution is 2.33. The fraction of sp³-hybridized carbons (Fsp3) is 0.316. The van der Waals surface area contributed by atoms with Gasteiger partial charge in [-0.15, -0.1) is 0 Å². The van der Waals surface area contributed by atoms with E-state index in [4.69, 9.17) is 14.2 Å². The molecule has 1 aliphatic heterocycles. The molecule has 0 aliphatic carbocycles. The molecule has 1 saturated heterocycles. The minimum Gasteiger partial charge on any atom is -0.488 e. The smallest absolute Gasteiger partial charge is 0.199 e. The van der Waals surface area contributed by atoms with Crippen LogP contribution in [0.25, 0.3) is 0 Å². The van der Waals surface area contributed by atoms with Crippen molar-refractivity contribution in [2.75, 3.05) is 6.61 Å². The van der Waals surface area contributed by atoms with Gasteiger partial charge in [0, 0.05) is 17.0 Å². The van der Waals surface area contributed by atoms with Gasteiger partial charge in [0.1, 0.15) is 18.1 Å². The molecule has 0 aromatic heterocycles. The van der Waals surface area contributed by atoms with Crippen LogP contribution in [-0.2, 0) is 11.3 Å². The molecule has 4 nitrogen and oxygen atoms in total. The lowest BCUT2D eigenvalue weighted by Crippen LogP contribution is -2.25. The summed E-state index contributed by atoms with van der Waals surface area (Å²) in [7, 11) is 0. The summed E-state index contributed by atoms with van der Waals surface area (Å²) in [5.41, 5.74) is 1.51. The normalized spacial score (nSPS) is 17.3. The van der Waals surface area contributed by atoms with Gasteiger partial charge in [-0.2, -0.15) is 0 Å². The van der Waals surface area contributed by atoms with Gasteiger partial charge >= 0.3 is 0 Å². The molecular weight excluding hydrogens is 372 g/mol. The Morgan fingerprint density at radius 3 is 2.75 bits per heavy atom. The first-order valence-electron chi connectivity index (χ1n) is 8.00. The third-order valence-corrected chi connectivity index (χ3v) is 4.48. The SMILES string of the molecule is O=Cc1c(Br)cc(OC2CCCCO2)cc1OCc1ccccc1. The van der Waals surface area contributed by atoms with Crippen LogP contribution in [0.3, 0.4) is 0 Å². The van der Waals surface area contributed by atoms with Gasteiger partial charge in [-0.25, -0.2) is 0 Å². The van der Waals surface area contributed by atoms with Crippen molar-refractivity contribution in [2.24, 2.45) is 0 Å². The van der Waals surface area contributed by atoms with E-state index in [0.29, 0.717) is 28.1 Å². The van der Waals surface area contributed by atoms with Crippen molar-refractivity contribution in [3.05, 3.63) is 58.1 Å². The van der Waals surface area contributed by atoms with E-state index in [1.807, 2.05) is 30.3 Å². The number of hydrogen-bond donors (Lipinski definition) is 0. The second-order valence-electron chi connectivity index (χ2n) is 5.62. The van der Waals surface area contributed by atoms with Crippen molar-refractivity contribution < 1.29 is 19.0 Å². The summed E-state index contributed by atoms with van der Waals surface area (Å²) < 4.78 is 18.0. The number of benzene rings is 2. The Hall–Kier alpha value is -1.85. The molecule has 0 saturated carbocycles. The number of carbonyl (C=O) groups excluding carboxylic acids is 1. The molecule has 0 spiro atoms. The number of aldehydes is 1. The highest BCUT2D eigenvalue weighted by Gasteiger charge is 2.18. The first kappa shape index (κ1) is 17.0. The van der Waals surface area contributed by atoms with Gasteiger partial charge in [-0.1, -0.05) is 30.3 Å². The van der Waals surface area contributed by atoms with Crippen molar-refractivity contribution in [1.29, 1.82) is 0 Å². The van der Waals surface area contributed by atoms with Crippen LogP contribution in [0.15, 0.2) is 46.9 Å². The van der Waals surface area contributed by atoms with Crippen LogP contribution in [0.4, 0.5) is 0 Å². The average molecular weight is 391 g/mol. The molecule has 1 fully saturated rings. The molecule has 24 heavy (non-hydrogen) atoms. The molecule has 0 amide bonds. The molecule has 2 aromatic carbocycles. The van der Waals surface area contributed by atoms with Gasteiger partial charge in [0.05, 0.1) is 12.2 Å². The highest BCUT2D eigenvalue weighted by molar-refractivity contribution is 9.10. The lowest BCUT2D eigenvalue weighted by Gasteiger charge is -2.24. The zero-order chi connectivity index (χ0) is 16.8. The predicted octanol–water partition coefficient (Wildman–Crippen LogP) is 4.75. The Morgan fingerprint density at radius 2 is 2.04 bits per heavy atom. The lowest BCUT2D eigenvalue weighted by molar-refractivity contribution is -0.106. The molecule has 1 unspecified atom stereocenters. The van der Waals surface area contributed by atoms with Crippen molar-refractivity contribution in [3.8, 4) is 11.5 Å². The molecule has 3 rings (SSSR count). The van der Waals surface area contributed by atoms with E-state index in [-0.39, 0.29) is 6.29 Å². The zero-order valence-corrected chi connectivity index (χ0v) is 14.8. The molecule has 0 radical (unpaired) electrons. The maximum absolute atomic E-state index is 11.4. The van der Waals surface area contributed by atoms with Crippen LogP contribution in [0.1, 0.15) is 35.2 Å². The lowest BCUT2D eigenvalue weighted by atomic mass is 10.2. The maximum atomic E-state index is 11.4. The second-order valence-corrected chi connectivity index (χ2v) is 6.48. The van der Waals surface area contributed by atoms with E-state index in [2.05, 4.69) is 15.9 Å². The van der Waals surface area contributed by atoms with Gasteiger partial charge in [-0.3, -0.25) is 4.79 Å². The molecule has 5 heteroatoms. The third-order valence-electron chi connectivity index (χ3n) is 3.83. The topological polar surface area (TPSA) is 44.8 Å². The molecule has 0 bridgehead atoms. The van der Waals surface area contributed by atoms with Gasteiger partial charge in [-0.05, 0) is 40.4 Å². The van der Waals surface area contributed by atoms with E-state index in [1.54, 1.807) is 12.1 Å². The average Bonchev–Trinajstić information content (AvgIpc) is 2.61. The summed E-state index contributed by atoms with van der Waals surface area (Å²) in [6.45, 7) is 1.10. The van der Waals surface area contributed by atoms with Crippen LogP contribution < -0.4 is 9.47 Å². The number of ether oxygens (including phenoxy) is 3. The number of carbonyl (C=O) groups is 1. The minimum absolute atomic E-state index is 0.241. The summed E-state index contributed by atoms with van der Waals surface area (Å²) >= 11 is 3.42. The fourth-order valence-corrected chi connectivity index (χ4v) is 3.08. The van der Waals surface area contributed by atoms with Crippen LogP contribution in [0.5, 0.6) is 11.5 Å². The van der Waals surface area contributed by atoms with Crippen LogP contribution in [-0.4, -0.2) is 19.2 Å². The Labute approximate surface area is 149 Å². The van der Waals surface area contributed by atoms with E-state index >= 15 is 0 Å². The van der Waals surface area contributed by atoms with E-state index in [9.17, 15) is 4.79 Å². The summed E-state index contributed by atoms with van der Waals surface area (Å²) in [5.74, 6) is 1.12. The number of halogens is 1. The molecule has 2 aromatic rings. The van der Waals surface area contributed by atoms with E-state index in [0.717, 1.165) is 37.7 Å². The van der Waals surface area contributed by atoms with E-state index in [1.165, 1.54) is 0 Å². The Morgan fingerprint density at radius 1 is 1.21 bits per heavy atom. The van der Waals surface area contributed by atoms with Crippen LogP contribution >= 0.6 is 15.9 Å². The summed E-state index contributed by atoms with van der Waals surface area (Å²) in [6.07, 6.45) is 3.57. The predicted molar refractivity (Wildman–Crippen MR) is 94.5 cm³/mol. The maximum Gasteiger partial charge on any atom is 0.199 e. The second kappa shape index (κ2) is 8.31. The summed E-state index contributed by atoms with van der Waals surface area (Å²) in [5, 5.41) is 0. The molecule has 1 aliphatic rings. The standard InChI is InChI=1S/C19H19BrO4/c20-17-10-15(24-19-8-4-5-9-22-19)11-18(16(17)12-21)23-13-14-6-2-1-3-7-14/h1-3,6-7,10-12,19H,4-5,8-9,13H2. The van der Waals surface area contributed by atoms with Crippen molar-refractivity contribution in [2.45, 2.75) is 32.2 Å². The number of rotatable bonds is 6. The zero-order valence-electron chi connectivity index (χ0n) is 13.2. The quantitative estimate of drug-likeness (QED) is 0.667. The van der Waals surface area contributed by atoms with Crippen molar-refractivity contribution >= 4 is 22.2 Å². The van der Waals surface area contributed by atoms with Crippen molar-refractivity contribution in [3.63, 3.8) is 0 Å². The van der Waals surface area contributed by atoms with Crippen LogP contribution in [0.2, 0.25) is 0 Å². The van der Waals surface area contributed by atoms with Crippen molar-refractivity contribution in [1.82, 2.24) is 0 Å². The third kappa shape index (κ3) is 4.36. The first-order chi connectivity index (χ1) is 11.8. The summed E-state index contributed by atoms with van der Waals surface area (Å²) in [6, 6.07) is 13.3. The molecule has 0 N–H and O–H groups in total. The van der Waals surface area contributed by atoms with Gasteiger partial charge < -0.3 is 14.2 Å². The highest BCUT2D eigenvalue weighted by atomic mass is 79.9. The Kier molecular flexibility index (Phi) is 5.88. The molecular formula is C19H19BrO4. The Bertz CT molecular complexity index is 681.